The SMILES string of the molecule is CC(C)OC(=O)CNC(=O)c1cccc(-n2nccc2-c2ccccc2)c1. The molecule has 1 heterocycles. The Balaban J connectivity index is 1.78. The van der Waals surface area contributed by atoms with Crippen molar-refractivity contribution in [2.24, 2.45) is 0 Å². The Labute approximate surface area is 157 Å². The lowest BCUT2D eigenvalue weighted by Crippen LogP contribution is -2.31. The van der Waals surface area contributed by atoms with Crippen LogP contribution in [-0.2, 0) is 9.53 Å². The van der Waals surface area contributed by atoms with Gasteiger partial charge in [0.15, 0.2) is 0 Å². The second kappa shape index (κ2) is 8.31. The summed E-state index contributed by atoms with van der Waals surface area (Å²) in [6.07, 6.45) is 1.51. The number of carbonyl (C=O) groups excluding carboxylic acids is 2. The molecule has 0 unspecified atom stereocenters. The molecule has 0 atom stereocenters. The number of carbonyl (C=O) groups is 2. The van der Waals surface area contributed by atoms with Crippen molar-refractivity contribution in [3.05, 3.63) is 72.4 Å². The van der Waals surface area contributed by atoms with Crippen molar-refractivity contribution in [1.29, 1.82) is 0 Å². The van der Waals surface area contributed by atoms with E-state index in [9.17, 15) is 9.59 Å². The first-order valence-electron chi connectivity index (χ1n) is 8.72. The summed E-state index contributed by atoms with van der Waals surface area (Å²) in [6.45, 7) is 3.35. The van der Waals surface area contributed by atoms with Crippen LogP contribution in [0.4, 0.5) is 0 Å². The zero-order valence-corrected chi connectivity index (χ0v) is 15.3. The number of aromatic nitrogens is 2. The number of ether oxygens (including phenoxy) is 1. The van der Waals surface area contributed by atoms with Gasteiger partial charge < -0.3 is 10.1 Å². The first-order chi connectivity index (χ1) is 13.0. The Morgan fingerprint density at radius 3 is 2.59 bits per heavy atom. The van der Waals surface area contributed by atoms with Gasteiger partial charge >= 0.3 is 5.97 Å². The molecule has 0 fully saturated rings. The fourth-order valence-corrected chi connectivity index (χ4v) is 2.67. The third-order valence-electron chi connectivity index (χ3n) is 3.83. The van der Waals surface area contributed by atoms with Gasteiger partial charge in [0.25, 0.3) is 5.91 Å². The van der Waals surface area contributed by atoms with Crippen LogP contribution in [0, 0.1) is 0 Å². The maximum atomic E-state index is 12.4. The van der Waals surface area contributed by atoms with Gasteiger partial charge in [-0.25, -0.2) is 4.68 Å². The monoisotopic (exact) mass is 363 g/mol. The van der Waals surface area contributed by atoms with Crippen molar-refractivity contribution in [2.75, 3.05) is 6.54 Å². The molecule has 0 aliphatic carbocycles. The van der Waals surface area contributed by atoms with Crippen LogP contribution >= 0.6 is 0 Å². The third kappa shape index (κ3) is 4.61. The molecule has 1 aromatic heterocycles. The predicted octanol–water partition coefficient (Wildman–Crippen LogP) is 3.22. The molecule has 0 radical (unpaired) electrons. The maximum Gasteiger partial charge on any atom is 0.325 e. The average Bonchev–Trinajstić information content (AvgIpc) is 3.16. The molecule has 1 amide bonds. The van der Waals surface area contributed by atoms with Crippen LogP contribution in [0.3, 0.4) is 0 Å². The summed E-state index contributed by atoms with van der Waals surface area (Å²) in [6, 6.07) is 18.9. The van der Waals surface area contributed by atoms with E-state index in [1.165, 1.54) is 0 Å². The quantitative estimate of drug-likeness (QED) is 0.683. The normalized spacial score (nSPS) is 10.6. The molecule has 0 aliphatic rings. The lowest BCUT2D eigenvalue weighted by molar-refractivity contribution is -0.146. The minimum atomic E-state index is -0.465. The molecule has 6 nitrogen and oxygen atoms in total. The van der Waals surface area contributed by atoms with Gasteiger partial charge in [0, 0.05) is 11.1 Å². The molecule has 3 aromatic rings. The number of esters is 1. The predicted molar refractivity (Wildman–Crippen MR) is 103 cm³/mol. The molecule has 138 valence electrons. The van der Waals surface area contributed by atoms with Crippen LogP contribution in [0.5, 0.6) is 0 Å². The average molecular weight is 363 g/mol. The van der Waals surface area contributed by atoms with Crippen molar-refractivity contribution in [1.82, 2.24) is 15.1 Å². The minimum absolute atomic E-state index is 0.168. The standard InChI is InChI=1S/C21H21N3O3/c1-15(2)27-20(25)14-22-21(26)17-9-6-10-18(13-17)24-19(11-12-23-24)16-7-4-3-5-8-16/h3-13,15H,14H2,1-2H3,(H,22,26). The molecular weight excluding hydrogens is 342 g/mol. The van der Waals surface area contributed by atoms with Crippen LogP contribution in [0.2, 0.25) is 0 Å². The molecule has 0 saturated heterocycles. The summed E-state index contributed by atoms with van der Waals surface area (Å²) in [7, 11) is 0. The summed E-state index contributed by atoms with van der Waals surface area (Å²) >= 11 is 0. The van der Waals surface area contributed by atoms with Crippen LogP contribution in [0.25, 0.3) is 16.9 Å². The van der Waals surface area contributed by atoms with E-state index >= 15 is 0 Å². The summed E-state index contributed by atoms with van der Waals surface area (Å²) in [5, 5.41) is 6.96. The summed E-state index contributed by atoms with van der Waals surface area (Å²) in [5.74, 6) is -0.807. The van der Waals surface area contributed by atoms with E-state index in [2.05, 4.69) is 10.4 Å². The first kappa shape index (κ1) is 18.4. The van der Waals surface area contributed by atoms with Gasteiger partial charge in [0.1, 0.15) is 6.54 Å². The van der Waals surface area contributed by atoms with Gasteiger partial charge in [0.05, 0.1) is 23.7 Å². The Morgan fingerprint density at radius 1 is 1.07 bits per heavy atom. The smallest absolute Gasteiger partial charge is 0.325 e. The highest BCUT2D eigenvalue weighted by atomic mass is 16.5. The molecule has 3 rings (SSSR count). The van der Waals surface area contributed by atoms with Crippen molar-refractivity contribution >= 4 is 11.9 Å². The topological polar surface area (TPSA) is 73.2 Å². The molecule has 27 heavy (non-hydrogen) atoms. The maximum absolute atomic E-state index is 12.4. The number of nitrogens with zero attached hydrogens (tertiary/aromatic N) is 2. The van der Waals surface area contributed by atoms with Gasteiger partial charge in [-0.05, 0) is 38.1 Å². The first-order valence-corrected chi connectivity index (χ1v) is 8.72. The fourth-order valence-electron chi connectivity index (χ4n) is 2.67. The Bertz CT molecular complexity index is 933. The van der Waals surface area contributed by atoms with Crippen molar-refractivity contribution < 1.29 is 14.3 Å². The Kier molecular flexibility index (Phi) is 5.66. The molecule has 6 heteroatoms. The van der Waals surface area contributed by atoms with Crippen LogP contribution in [0.15, 0.2) is 66.9 Å². The molecule has 0 spiro atoms. The van der Waals surface area contributed by atoms with Crippen LogP contribution in [-0.4, -0.2) is 34.3 Å². The number of benzene rings is 2. The molecular formula is C21H21N3O3. The van der Waals surface area contributed by atoms with Gasteiger partial charge in [-0.2, -0.15) is 5.10 Å². The van der Waals surface area contributed by atoms with Crippen molar-refractivity contribution in [3.8, 4) is 16.9 Å². The molecule has 0 saturated carbocycles. The lowest BCUT2D eigenvalue weighted by atomic mass is 10.1. The zero-order valence-electron chi connectivity index (χ0n) is 15.3. The third-order valence-corrected chi connectivity index (χ3v) is 3.83. The van der Waals surface area contributed by atoms with Crippen LogP contribution < -0.4 is 5.32 Å². The zero-order chi connectivity index (χ0) is 19.2. The Hall–Kier alpha value is -3.41. The van der Waals surface area contributed by atoms with E-state index in [0.29, 0.717) is 5.56 Å². The van der Waals surface area contributed by atoms with E-state index in [1.54, 1.807) is 42.9 Å². The van der Waals surface area contributed by atoms with Crippen molar-refractivity contribution in [3.63, 3.8) is 0 Å². The number of hydrogen-bond donors (Lipinski definition) is 1. The molecule has 2 aromatic carbocycles. The summed E-state index contributed by atoms with van der Waals surface area (Å²) in [4.78, 5) is 24.0. The minimum Gasteiger partial charge on any atom is -0.462 e. The van der Waals surface area contributed by atoms with E-state index in [0.717, 1.165) is 16.9 Å². The van der Waals surface area contributed by atoms with E-state index in [1.807, 2.05) is 42.5 Å². The Morgan fingerprint density at radius 2 is 1.85 bits per heavy atom. The number of nitrogens with one attached hydrogen (secondary N) is 1. The number of amides is 1. The highest BCUT2D eigenvalue weighted by Gasteiger charge is 2.12. The number of hydrogen-bond acceptors (Lipinski definition) is 4. The molecule has 0 bridgehead atoms. The number of rotatable bonds is 6. The van der Waals surface area contributed by atoms with Gasteiger partial charge in [0.2, 0.25) is 0 Å². The highest BCUT2D eigenvalue weighted by Crippen LogP contribution is 2.22. The highest BCUT2D eigenvalue weighted by molar-refractivity contribution is 5.96. The van der Waals surface area contributed by atoms with Gasteiger partial charge in [-0.15, -0.1) is 0 Å². The van der Waals surface area contributed by atoms with Gasteiger partial charge in [-0.1, -0.05) is 36.4 Å². The summed E-state index contributed by atoms with van der Waals surface area (Å²) in [5.41, 5.74) is 3.16. The van der Waals surface area contributed by atoms with E-state index in [-0.39, 0.29) is 18.6 Å². The second-order valence-corrected chi connectivity index (χ2v) is 6.27. The van der Waals surface area contributed by atoms with Crippen molar-refractivity contribution in [2.45, 2.75) is 20.0 Å². The van der Waals surface area contributed by atoms with E-state index in [4.69, 9.17) is 4.74 Å². The van der Waals surface area contributed by atoms with E-state index < -0.39 is 5.97 Å². The largest absolute Gasteiger partial charge is 0.462 e. The molecule has 0 aliphatic heterocycles. The molecule has 1 N–H and O–H groups in total. The van der Waals surface area contributed by atoms with Gasteiger partial charge in [-0.3, -0.25) is 9.59 Å². The second-order valence-electron chi connectivity index (χ2n) is 6.27. The van der Waals surface area contributed by atoms with Crippen LogP contribution in [0.1, 0.15) is 24.2 Å². The summed E-state index contributed by atoms with van der Waals surface area (Å²) < 4.78 is 6.79. The lowest BCUT2D eigenvalue weighted by Gasteiger charge is -2.11. The fraction of sp³-hybridized carbons (Fsp3) is 0.190.